The number of anilines is 1. The van der Waals surface area contributed by atoms with E-state index in [2.05, 4.69) is 15.2 Å². The molecule has 0 aromatic carbocycles. The van der Waals surface area contributed by atoms with Crippen LogP contribution in [-0.2, 0) is 4.74 Å². The van der Waals surface area contributed by atoms with Crippen molar-refractivity contribution >= 4 is 11.7 Å². The lowest BCUT2D eigenvalue weighted by molar-refractivity contribution is 0.0314. The Balaban J connectivity index is 1.49. The third kappa shape index (κ3) is 3.75. The van der Waals surface area contributed by atoms with E-state index in [1.165, 1.54) is 0 Å². The summed E-state index contributed by atoms with van der Waals surface area (Å²) in [6.45, 7) is 8.39. The third-order valence-electron chi connectivity index (χ3n) is 4.46. The number of rotatable bonds is 3. The molecule has 6 nitrogen and oxygen atoms in total. The molecule has 0 spiro atoms. The fraction of sp³-hybridized carbons (Fsp3) is 0.625. The minimum absolute atomic E-state index is 0.00113. The molecule has 0 bridgehead atoms. The van der Waals surface area contributed by atoms with Gasteiger partial charge >= 0.3 is 6.03 Å². The summed E-state index contributed by atoms with van der Waals surface area (Å²) < 4.78 is 5.38. The Kier molecular flexibility index (Phi) is 4.90. The normalized spacial score (nSPS) is 22.8. The second-order valence-corrected chi connectivity index (χ2v) is 6.13. The highest BCUT2D eigenvalue weighted by atomic mass is 16.5. The summed E-state index contributed by atoms with van der Waals surface area (Å²) >= 11 is 0. The minimum atomic E-state index is -0.00113. The van der Waals surface area contributed by atoms with Crippen LogP contribution in [0.1, 0.15) is 12.0 Å². The highest BCUT2D eigenvalue weighted by Crippen LogP contribution is 2.20. The first-order valence-corrected chi connectivity index (χ1v) is 7.99. The van der Waals surface area contributed by atoms with Crippen LogP contribution >= 0.6 is 0 Å². The quantitative estimate of drug-likeness (QED) is 0.921. The molecule has 120 valence electrons. The third-order valence-corrected chi connectivity index (χ3v) is 4.46. The van der Waals surface area contributed by atoms with Crippen LogP contribution in [0, 0.1) is 12.8 Å². The van der Waals surface area contributed by atoms with E-state index in [-0.39, 0.29) is 6.03 Å². The molecular weight excluding hydrogens is 280 g/mol. The van der Waals surface area contributed by atoms with E-state index in [1.54, 1.807) is 12.4 Å². The summed E-state index contributed by atoms with van der Waals surface area (Å²) in [6, 6.07) is 1.84. The lowest BCUT2D eigenvalue weighted by Crippen LogP contribution is -2.40. The standard InChI is InChI=1S/C16H24N4O2/c1-13-10-17-4-2-15(13)18-16(21)20-5-3-14(12-20)11-19-6-8-22-9-7-19/h2,4,10,14H,3,5-9,11-12H2,1H3,(H,17,18,21)/t14-/m0/s1. The Morgan fingerprint density at radius 2 is 2.23 bits per heavy atom. The number of urea groups is 1. The van der Waals surface area contributed by atoms with Crippen molar-refractivity contribution in [2.45, 2.75) is 13.3 Å². The number of aromatic nitrogens is 1. The van der Waals surface area contributed by atoms with Gasteiger partial charge in [-0.25, -0.2) is 4.79 Å². The average molecular weight is 304 g/mol. The van der Waals surface area contributed by atoms with Gasteiger partial charge in [0.1, 0.15) is 0 Å². The van der Waals surface area contributed by atoms with Crippen molar-refractivity contribution in [3.8, 4) is 0 Å². The molecule has 2 amide bonds. The number of carbonyl (C=O) groups excluding carboxylic acids is 1. The van der Waals surface area contributed by atoms with E-state index in [9.17, 15) is 4.79 Å². The van der Waals surface area contributed by atoms with Crippen LogP contribution in [0.2, 0.25) is 0 Å². The number of amides is 2. The summed E-state index contributed by atoms with van der Waals surface area (Å²) in [4.78, 5) is 20.8. The zero-order valence-electron chi connectivity index (χ0n) is 13.1. The van der Waals surface area contributed by atoms with Crippen molar-refractivity contribution in [1.82, 2.24) is 14.8 Å². The number of pyridine rings is 1. The van der Waals surface area contributed by atoms with Crippen LogP contribution in [0.15, 0.2) is 18.5 Å². The number of morpholine rings is 1. The zero-order chi connectivity index (χ0) is 15.4. The molecule has 2 fully saturated rings. The summed E-state index contributed by atoms with van der Waals surface area (Å²) in [5, 5.41) is 2.99. The molecule has 1 N–H and O–H groups in total. The molecule has 1 aromatic rings. The summed E-state index contributed by atoms with van der Waals surface area (Å²) in [6.07, 6.45) is 4.55. The number of likely N-dealkylation sites (tertiary alicyclic amines) is 1. The monoisotopic (exact) mass is 304 g/mol. The van der Waals surface area contributed by atoms with Crippen molar-refractivity contribution in [3.05, 3.63) is 24.0 Å². The number of nitrogens with one attached hydrogen (secondary N) is 1. The van der Waals surface area contributed by atoms with Crippen LogP contribution in [0.25, 0.3) is 0 Å². The smallest absolute Gasteiger partial charge is 0.321 e. The van der Waals surface area contributed by atoms with E-state index < -0.39 is 0 Å². The number of nitrogens with zero attached hydrogens (tertiary/aromatic N) is 3. The first kappa shape index (κ1) is 15.2. The van der Waals surface area contributed by atoms with Crippen LogP contribution in [0.4, 0.5) is 10.5 Å². The predicted molar refractivity (Wildman–Crippen MR) is 84.9 cm³/mol. The maximum atomic E-state index is 12.4. The van der Waals surface area contributed by atoms with Crippen molar-refractivity contribution < 1.29 is 9.53 Å². The van der Waals surface area contributed by atoms with Gasteiger partial charge in [-0.2, -0.15) is 0 Å². The molecule has 22 heavy (non-hydrogen) atoms. The number of carbonyl (C=O) groups is 1. The number of aryl methyl sites for hydroxylation is 1. The molecule has 2 aliphatic heterocycles. The summed E-state index contributed by atoms with van der Waals surface area (Å²) in [7, 11) is 0. The summed E-state index contributed by atoms with van der Waals surface area (Å²) in [5.41, 5.74) is 1.83. The van der Waals surface area contributed by atoms with E-state index in [0.717, 1.165) is 63.6 Å². The molecule has 1 atom stereocenters. The molecule has 0 aliphatic carbocycles. The van der Waals surface area contributed by atoms with Gasteiger partial charge in [0.2, 0.25) is 0 Å². The molecule has 0 radical (unpaired) electrons. The fourth-order valence-corrected chi connectivity index (χ4v) is 3.12. The topological polar surface area (TPSA) is 57.7 Å². The molecular formula is C16H24N4O2. The van der Waals surface area contributed by atoms with Crippen molar-refractivity contribution in [2.75, 3.05) is 51.3 Å². The van der Waals surface area contributed by atoms with Gasteiger partial charge in [-0.05, 0) is 30.9 Å². The van der Waals surface area contributed by atoms with Gasteiger partial charge in [0.25, 0.3) is 0 Å². The van der Waals surface area contributed by atoms with Crippen molar-refractivity contribution in [1.29, 1.82) is 0 Å². The Morgan fingerprint density at radius 3 is 3.00 bits per heavy atom. The maximum absolute atomic E-state index is 12.4. The molecule has 6 heteroatoms. The van der Waals surface area contributed by atoms with E-state index in [0.29, 0.717) is 5.92 Å². The van der Waals surface area contributed by atoms with Gasteiger partial charge in [-0.3, -0.25) is 9.88 Å². The lowest BCUT2D eigenvalue weighted by atomic mass is 10.1. The zero-order valence-corrected chi connectivity index (χ0v) is 13.1. The Labute approximate surface area is 131 Å². The first-order valence-electron chi connectivity index (χ1n) is 7.99. The minimum Gasteiger partial charge on any atom is -0.379 e. The van der Waals surface area contributed by atoms with Crippen LogP contribution in [0.5, 0.6) is 0 Å². The largest absolute Gasteiger partial charge is 0.379 e. The van der Waals surface area contributed by atoms with Crippen molar-refractivity contribution in [3.63, 3.8) is 0 Å². The van der Waals surface area contributed by atoms with E-state index in [4.69, 9.17) is 4.74 Å². The van der Waals surface area contributed by atoms with Crippen LogP contribution in [-0.4, -0.2) is 66.8 Å². The molecule has 0 saturated carbocycles. The lowest BCUT2D eigenvalue weighted by Gasteiger charge is -2.29. The van der Waals surface area contributed by atoms with Gasteiger partial charge in [0.15, 0.2) is 0 Å². The fourth-order valence-electron chi connectivity index (χ4n) is 3.12. The Morgan fingerprint density at radius 1 is 1.41 bits per heavy atom. The molecule has 0 unspecified atom stereocenters. The van der Waals surface area contributed by atoms with Gasteiger partial charge in [-0.1, -0.05) is 0 Å². The number of hydrogen-bond donors (Lipinski definition) is 1. The van der Waals surface area contributed by atoms with Gasteiger partial charge in [0.05, 0.1) is 13.2 Å². The SMILES string of the molecule is Cc1cnccc1NC(=O)N1CC[C@@H](CN2CCOCC2)C1. The Bertz CT molecular complexity index is 517. The molecule has 3 rings (SSSR count). The molecule has 1 aromatic heterocycles. The molecule has 3 heterocycles. The second kappa shape index (κ2) is 7.07. The van der Waals surface area contributed by atoms with Gasteiger partial charge in [0, 0.05) is 50.8 Å². The number of ether oxygens (including phenoxy) is 1. The first-order chi connectivity index (χ1) is 10.7. The molecule has 2 aliphatic rings. The predicted octanol–water partition coefficient (Wildman–Crippen LogP) is 1.58. The number of hydrogen-bond acceptors (Lipinski definition) is 4. The highest BCUT2D eigenvalue weighted by Gasteiger charge is 2.28. The maximum Gasteiger partial charge on any atom is 0.321 e. The second-order valence-electron chi connectivity index (χ2n) is 6.13. The summed E-state index contributed by atoms with van der Waals surface area (Å²) in [5.74, 6) is 0.572. The van der Waals surface area contributed by atoms with Gasteiger partial charge < -0.3 is 15.0 Å². The molecule has 2 saturated heterocycles. The average Bonchev–Trinajstić information content (AvgIpc) is 2.99. The van der Waals surface area contributed by atoms with Crippen LogP contribution < -0.4 is 5.32 Å². The highest BCUT2D eigenvalue weighted by molar-refractivity contribution is 5.90. The van der Waals surface area contributed by atoms with E-state index in [1.807, 2.05) is 17.9 Å². The van der Waals surface area contributed by atoms with E-state index >= 15 is 0 Å². The van der Waals surface area contributed by atoms with Gasteiger partial charge in [-0.15, -0.1) is 0 Å². The van der Waals surface area contributed by atoms with Crippen LogP contribution in [0.3, 0.4) is 0 Å². The Hall–Kier alpha value is -1.66. The van der Waals surface area contributed by atoms with Crippen molar-refractivity contribution in [2.24, 2.45) is 5.92 Å².